The summed E-state index contributed by atoms with van der Waals surface area (Å²) in [6.07, 6.45) is 5.24. The second kappa shape index (κ2) is 6.33. The molecule has 16 heavy (non-hydrogen) atoms. The third-order valence-corrected chi connectivity index (χ3v) is 5.52. The van der Waals surface area contributed by atoms with Crippen LogP contribution in [0.15, 0.2) is 0 Å². The first kappa shape index (κ1) is 14.4. The van der Waals surface area contributed by atoms with Gasteiger partial charge in [-0.05, 0) is 12.8 Å². The number of rotatable bonds is 6. The molecule has 0 spiro atoms. The minimum Gasteiger partial charge on any atom is -0.384 e. The molecule has 0 atom stereocenters. The van der Waals surface area contributed by atoms with Crippen LogP contribution in [-0.2, 0) is 14.8 Å². The molecule has 0 unspecified atom stereocenters. The minimum atomic E-state index is -3.22. The summed E-state index contributed by atoms with van der Waals surface area (Å²) in [4.78, 5) is 0. The van der Waals surface area contributed by atoms with Crippen LogP contribution in [0.2, 0.25) is 0 Å². The van der Waals surface area contributed by atoms with Gasteiger partial charge in [0.25, 0.3) is 0 Å². The predicted octanol–water partition coefficient (Wildman–Crippen LogP) is 1.65. The number of nitrogens with one attached hydrogen (secondary N) is 1. The maximum atomic E-state index is 11.8. The molecule has 0 bridgehead atoms. The van der Waals surface area contributed by atoms with Crippen LogP contribution in [0.25, 0.3) is 0 Å². The molecule has 6 heteroatoms. The third kappa shape index (κ3) is 4.31. The second-order valence-electron chi connectivity index (χ2n) is 4.39. The summed E-state index contributed by atoms with van der Waals surface area (Å²) in [5, 5.41) is 0.687. The number of halogens is 1. The fraction of sp³-hybridized carbons (Fsp3) is 1.00. The van der Waals surface area contributed by atoms with Gasteiger partial charge in [-0.3, -0.25) is 0 Å². The summed E-state index contributed by atoms with van der Waals surface area (Å²) in [6, 6.07) is 0. The molecule has 1 aliphatic carbocycles. The Bertz CT molecular complexity index is 299. The fourth-order valence-electron chi connectivity index (χ4n) is 2.07. The summed E-state index contributed by atoms with van der Waals surface area (Å²) in [7, 11) is -1.71. The number of ether oxygens (including phenoxy) is 1. The Kier molecular flexibility index (Phi) is 5.70. The van der Waals surface area contributed by atoms with E-state index in [9.17, 15) is 8.42 Å². The molecule has 1 aliphatic rings. The lowest BCUT2D eigenvalue weighted by molar-refractivity contribution is 0.216. The van der Waals surface area contributed by atoms with Crippen LogP contribution in [-0.4, -0.2) is 38.8 Å². The fourth-order valence-corrected chi connectivity index (χ4v) is 4.38. The maximum absolute atomic E-state index is 11.8. The van der Waals surface area contributed by atoms with Crippen molar-refractivity contribution in [3.8, 4) is 0 Å². The van der Waals surface area contributed by atoms with Crippen molar-refractivity contribution in [1.82, 2.24) is 4.72 Å². The standard InChI is InChI=1S/C10H20BrNO3S/c1-15-7-8-16(13,14)12-10(9-11)5-3-2-4-6-10/h12H,2-9H2,1H3. The third-order valence-electron chi connectivity index (χ3n) is 2.99. The number of hydrogen-bond acceptors (Lipinski definition) is 3. The van der Waals surface area contributed by atoms with E-state index in [0.29, 0.717) is 5.33 Å². The molecular formula is C10H20BrNO3S. The van der Waals surface area contributed by atoms with Crippen molar-refractivity contribution >= 4 is 26.0 Å². The van der Waals surface area contributed by atoms with Crippen molar-refractivity contribution in [2.45, 2.75) is 37.6 Å². The summed E-state index contributed by atoms with van der Waals surface area (Å²) in [6.45, 7) is 0.244. The SMILES string of the molecule is COCCS(=O)(=O)NC1(CBr)CCCCC1. The van der Waals surface area contributed by atoms with E-state index in [0.717, 1.165) is 25.7 Å². The lowest BCUT2D eigenvalue weighted by atomic mass is 9.84. The number of hydrogen-bond donors (Lipinski definition) is 1. The molecule has 0 aliphatic heterocycles. The molecule has 0 heterocycles. The van der Waals surface area contributed by atoms with Gasteiger partial charge < -0.3 is 4.74 Å². The lowest BCUT2D eigenvalue weighted by Gasteiger charge is -2.36. The van der Waals surface area contributed by atoms with Crippen LogP contribution in [0.1, 0.15) is 32.1 Å². The van der Waals surface area contributed by atoms with Crippen molar-refractivity contribution < 1.29 is 13.2 Å². The first-order chi connectivity index (χ1) is 7.54. The van der Waals surface area contributed by atoms with Crippen LogP contribution in [0.5, 0.6) is 0 Å². The molecule has 0 amide bonds. The van der Waals surface area contributed by atoms with Crippen molar-refractivity contribution in [2.24, 2.45) is 0 Å². The highest BCUT2D eigenvalue weighted by Crippen LogP contribution is 2.30. The van der Waals surface area contributed by atoms with E-state index in [4.69, 9.17) is 4.74 Å². The van der Waals surface area contributed by atoms with E-state index >= 15 is 0 Å². The van der Waals surface area contributed by atoms with E-state index in [1.807, 2.05) is 0 Å². The van der Waals surface area contributed by atoms with Crippen LogP contribution >= 0.6 is 15.9 Å². The van der Waals surface area contributed by atoms with Gasteiger partial charge in [-0.2, -0.15) is 0 Å². The Hall–Kier alpha value is 0.350. The first-order valence-electron chi connectivity index (χ1n) is 5.60. The largest absolute Gasteiger partial charge is 0.384 e. The molecule has 96 valence electrons. The molecule has 1 fully saturated rings. The van der Waals surface area contributed by atoms with Gasteiger partial charge in [0.2, 0.25) is 10.0 Å². The van der Waals surface area contributed by atoms with E-state index < -0.39 is 10.0 Å². The van der Waals surface area contributed by atoms with Crippen molar-refractivity contribution in [2.75, 3.05) is 24.8 Å². The van der Waals surface area contributed by atoms with E-state index in [1.165, 1.54) is 13.5 Å². The van der Waals surface area contributed by atoms with Gasteiger partial charge in [0.05, 0.1) is 12.4 Å². The van der Waals surface area contributed by atoms with Crippen LogP contribution < -0.4 is 4.72 Å². The topological polar surface area (TPSA) is 55.4 Å². The minimum absolute atomic E-state index is 0.0399. The molecular weight excluding hydrogens is 294 g/mol. The zero-order chi connectivity index (χ0) is 12.1. The molecule has 0 aromatic heterocycles. The van der Waals surface area contributed by atoms with E-state index in [-0.39, 0.29) is 17.9 Å². The molecule has 4 nitrogen and oxygen atoms in total. The Morgan fingerprint density at radius 3 is 2.44 bits per heavy atom. The van der Waals surface area contributed by atoms with Gasteiger partial charge in [0, 0.05) is 18.0 Å². The summed E-state index contributed by atoms with van der Waals surface area (Å²) >= 11 is 3.43. The highest BCUT2D eigenvalue weighted by molar-refractivity contribution is 9.09. The molecule has 1 N–H and O–H groups in total. The highest BCUT2D eigenvalue weighted by atomic mass is 79.9. The van der Waals surface area contributed by atoms with Crippen LogP contribution in [0.4, 0.5) is 0 Å². The smallest absolute Gasteiger partial charge is 0.214 e. The summed E-state index contributed by atoms with van der Waals surface area (Å²) in [5.41, 5.74) is -0.273. The highest BCUT2D eigenvalue weighted by Gasteiger charge is 2.34. The molecule has 0 radical (unpaired) electrons. The normalized spacial score (nSPS) is 20.9. The number of methoxy groups -OCH3 is 1. The maximum Gasteiger partial charge on any atom is 0.214 e. The first-order valence-corrected chi connectivity index (χ1v) is 8.37. The van der Waals surface area contributed by atoms with Gasteiger partial charge in [0.15, 0.2) is 0 Å². The van der Waals surface area contributed by atoms with Gasteiger partial charge in [-0.15, -0.1) is 0 Å². The number of sulfonamides is 1. The summed E-state index contributed by atoms with van der Waals surface area (Å²) < 4.78 is 31.3. The van der Waals surface area contributed by atoms with Crippen molar-refractivity contribution in [3.63, 3.8) is 0 Å². The Morgan fingerprint density at radius 2 is 1.94 bits per heavy atom. The Balaban J connectivity index is 2.61. The van der Waals surface area contributed by atoms with Gasteiger partial charge in [-0.25, -0.2) is 13.1 Å². The average Bonchev–Trinajstić information content (AvgIpc) is 2.27. The Morgan fingerprint density at radius 1 is 1.31 bits per heavy atom. The van der Waals surface area contributed by atoms with E-state index in [1.54, 1.807) is 0 Å². The van der Waals surface area contributed by atoms with Gasteiger partial charge in [0.1, 0.15) is 0 Å². The zero-order valence-electron chi connectivity index (χ0n) is 9.67. The van der Waals surface area contributed by atoms with Crippen LogP contribution in [0, 0.1) is 0 Å². The molecule has 0 saturated heterocycles. The monoisotopic (exact) mass is 313 g/mol. The quantitative estimate of drug-likeness (QED) is 0.759. The lowest BCUT2D eigenvalue weighted by Crippen LogP contribution is -2.52. The number of alkyl halides is 1. The average molecular weight is 314 g/mol. The van der Waals surface area contributed by atoms with Crippen molar-refractivity contribution in [1.29, 1.82) is 0 Å². The summed E-state index contributed by atoms with van der Waals surface area (Å²) in [5.74, 6) is 0.0399. The molecule has 0 aromatic carbocycles. The van der Waals surface area contributed by atoms with E-state index in [2.05, 4.69) is 20.7 Å². The predicted molar refractivity (Wildman–Crippen MR) is 68.4 cm³/mol. The zero-order valence-corrected chi connectivity index (χ0v) is 12.1. The Labute approximate surface area is 106 Å². The van der Waals surface area contributed by atoms with Gasteiger partial charge in [-0.1, -0.05) is 35.2 Å². The molecule has 1 saturated carbocycles. The van der Waals surface area contributed by atoms with Gasteiger partial charge >= 0.3 is 0 Å². The van der Waals surface area contributed by atoms with Crippen molar-refractivity contribution in [3.05, 3.63) is 0 Å². The second-order valence-corrected chi connectivity index (χ2v) is 6.79. The molecule has 0 aromatic rings. The van der Waals surface area contributed by atoms with Crippen LogP contribution in [0.3, 0.4) is 0 Å². The molecule has 1 rings (SSSR count).